The van der Waals surface area contributed by atoms with Gasteiger partial charge in [0.05, 0.1) is 10.7 Å². The summed E-state index contributed by atoms with van der Waals surface area (Å²) in [5, 5.41) is 11.5. The molecule has 1 heterocycles. The van der Waals surface area contributed by atoms with E-state index >= 15 is 0 Å². The van der Waals surface area contributed by atoms with Gasteiger partial charge < -0.3 is 5.11 Å². The first-order chi connectivity index (χ1) is 9.84. The van der Waals surface area contributed by atoms with E-state index in [0.29, 0.717) is 0 Å². The van der Waals surface area contributed by atoms with Gasteiger partial charge in [0.25, 0.3) is 0 Å². The summed E-state index contributed by atoms with van der Waals surface area (Å²) in [5.41, 5.74) is 0.749. The highest BCUT2D eigenvalue weighted by Gasteiger charge is 2.15. The standard InChI is InChI=1S/C13H10N2O.2C2H6/c16-12-8-4-1-5-9(12)13-14-10-6-2-3-7-11(10)15-13;2*1-2/h1-8,13,16H;2*1-2H3. The zero-order chi connectivity index (χ0) is 15.0. The average Bonchev–Trinajstić information content (AvgIpc) is 2.95. The quantitative estimate of drug-likeness (QED) is 0.848. The SMILES string of the molecule is CC.CC.Oc1ccccc1C1N=c2ccccc2=N1. The number of hydrogen-bond donors (Lipinski definition) is 1. The lowest BCUT2D eigenvalue weighted by Gasteiger charge is -2.05. The smallest absolute Gasteiger partial charge is 0.170 e. The number of nitrogens with zero attached hydrogens (tertiary/aromatic N) is 2. The van der Waals surface area contributed by atoms with Crippen LogP contribution in [-0.2, 0) is 0 Å². The van der Waals surface area contributed by atoms with Crippen molar-refractivity contribution in [2.75, 3.05) is 0 Å². The molecule has 2 aromatic rings. The van der Waals surface area contributed by atoms with Crippen molar-refractivity contribution in [3.8, 4) is 5.75 Å². The molecule has 1 N–H and O–H groups in total. The molecule has 3 rings (SSSR count). The Morgan fingerprint density at radius 3 is 1.70 bits per heavy atom. The fourth-order valence-corrected chi connectivity index (χ4v) is 1.82. The van der Waals surface area contributed by atoms with E-state index in [-0.39, 0.29) is 11.9 Å². The van der Waals surface area contributed by atoms with Crippen LogP contribution in [0.3, 0.4) is 0 Å². The van der Waals surface area contributed by atoms with E-state index in [1.54, 1.807) is 12.1 Å². The van der Waals surface area contributed by atoms with Gasteiger partial charge in [0.2, 0.25) is 0 Å². The Kier molecular flexibility index (Phi) is 6.44. The molecule has 106 valence electrons. The molecule has 1 aliphatic rings. The number of hydrogen-bond acceptors (Lipinski definition) is 3. The van der Waals surface area contributed by atoms with Gasteiger partial charge in [0, 0.05) is 5.56 Å². The number of rotatable bonds is 1. The molecule has 0 saturated carbocycles. The molecule has 0 saturated heterocycles. The Morgan fingerprint density at radius 1 is 0.750 bits per heavy atom. The van der Waals surface area contributed by atoms with Crippen LogP contribution in [0, 0.1) is 0 Å². The molecule has 0 unspecified atom stereocenters. The Morgan fingerprint density at radius 2 is 1.20 bits per heavy atom. The highest BCUT2D eigenvalue weighted by Crippen LogP contribution is 2.27. The predicted molar refractivity (Wildman–Crippen MR) is 82.3 cm³/mol. The Bertz CT molecular complexity index is 615. The second kappa shape index (κ2) is 8.10. The molecular formula is C17H22N2O. The molecule has 0 amide bonds. The van der Waals surface area contributed by atoms with Crippen molar-refractivity contribution in [2.45, 2.75) is 33.9 Å². The van der Waals surface area contributed by atoms with Crippen LogP contribution in [0.2, 0.25) is 0 Å². The van der Waals surface area contributed by atoms with E-state index in [0.717, 1.165) is 16.3 Å². The van der Waals surface area contributed by atoms with E-state index in [9.17, 15) is 5.11 Å². The van der Waals surface area contributed by atoms with Gasteiger partial charge in [-0.3, -0.25) is 9.98 Å². The summed E-state index contributed by atoms with van der Waals surface area (Å²) in [4.78, 5) is 8.91. The van der Waals surface area contributed by atoms with Gasteiger partial charge in [-0.05, 0) is 18.2 Å². The summed E-state index contributed by atoms with van der Waals surface area (Å²) in [6.07, 6.45) is -0.307. The zero-order valence-electron chi connectivity index (χ0n) is 12.5. The number of phenolic OH excluding ortho intramolecular Hbond substituents is 1. The lowest BCUT2D eigenvalue weighted by Crippen LogP contribution is -2.19. The molecule has 2 aromatic carbocycles. The van der Waals surface area contributed by atoms with Crippen molar-refractivity contribution in [1.82, 2.24) is 0 Å². The van der Waals surface area contributed by atoms with Crippen molar-refractivity contribution < 1.29 is 5.11 Å². The average molecular weight is 270 g/mol. The first-order valence-electron chi connectivity index (χ1n) is 7.13. The molecule has 0 bridgehead atoms. The number of benzene rings is 2. The lowest BCUT2D eigenvalue weighted by molar-refractivity contribution is 0.462. The molecule has 0 radical (unpaired) electrons. The maximum absolute atomic E-state index is 9.73. The monoisotopic (exact) mass is 270 g/mol. The van der Waals surface area contributed by atoms with E-state index in [1.807, 2.05) is 64.1 Å². The third-order valence-corrected chi connectivity index (χ3v) is 2.62. The van der Waals surface area contributed by atoms with Gasteiger partial charge in [-0.2, -0.15) is 0 Å². The zero-order valence-corrected chi connectivity index (χ0v) is 12.5. The van der Waals surface area contributed by atoms with Crippen molar-refractivity contribution in [3.05, 3.63) is 64.8 Å². The van der Waals surface area contributed by atoms with Crippen LogP contribution in [0.25, 0.3) is 0 Å². The molecule has 0 aliphatic carbocycles. The third-order valence-electron chi connectivity index (χ3n) is 2.62. The summed E-state index contributed by atoms with van der Waals surface area (Å²) < 4.78 is 0. The minimum atomic E-state index is -0.307. The fraction of sp³-hybridized carbons (Fsp3) is 0.294. The highest BCUT2D eigenvalue weighted by molar-refractivity contribution is 5.35. The number of aromatic hydroxyl groups is 1. The minimum absolute atomic E-state index is 0.243. The first-order valence-corrected chi connectivity index (χ1v) is 7.13. The molecule has 3 heteroatoms. The lowest BCUT2D eigenvalue weighted by atomic mass is 10.1. The fourth-order valence-electron chi connectivity index (χ4n) is 1.82. The Labute approximate surface area is 120 Å². The van der Waals surface area contributed by atoms with Gasteiger partial charge in [0.1, 0.15) is 5.75 Å². The van der Waals surface area contributed by atoms with Gasteiger partial charge in [0.15, 0.2) is 6.17 Å². The summed E-state index contributed by atoms with van der Waals surface area (Å²) in [6.45, 7) is 8.00. The molecule has 3 nitrogen and oxygen atoms in total. The van der Waals surface area contributed by atoms with Crippen LogP contribution in [-0.4, -0.2) is 5.11 Å². The molecule has 0 spiro atoms. The van der Waals surface area contributed by atoms with Crippen molar-refractivity contribution >= 4 is 0 Å². The van der Waals surface area contributed by atoms with Crippen molar-refractivity contribution in [2.24, 2.45) is 9.98 Å². The van der Waals surface area contributed by atoms with Crippen LogP contribution in [0.4, 0.5) is 0 Å². The molecule has 20 heavy (non-hydrogen) atoms. The van der Waals surface area contributed by atoms with Crippen LogP contribution < -0.4 is 10.7 Å². The maximum Gasteiger partial charge on any atom is 0.170 e. The Balaban J connectivity index is 0.000000461. The third kappa shape index (κ3) is 3.44. The molecule has 0 aromatic heterocycles. The largest absolute Gasteiger partial charge is 0.508 e. The van der Waals surface area contributed by atoms with E-state index < -0.39 is 0 Å². The van der Waals surface area contributed by atoms with Crippen LogP contribution in [0.15, 0.2) is 58.5 Å². The molecular weight excluding hydrogens is 248 g/mol. The van der Waals surface area contributed by atoms with Crippen molar-refractivity contribution in [3.63, 3.8) is 0 Å². The first kappa shape index (κ1) is 15.9. The van der Waals surface area contributed by atoms with E-state index in [2.05, 4.69) is 9.98 Å². The topological polar surface area (TPSA) is 45.0 Å². The summed E-state index contributed by atoms with van der Waals surface area (Å²) in [6, 6.07) is 14.9. The normalized spacial score (nSPS) is 11.8. The summed E-state index contributed by atoms with van der Waals surface area (Å²) >= 11 is 0. The maximum atomic E-state index is 9.73. The second-order valence-electron chi connectivity index (χ2n) is 3.68. The van der Waals surface area contributed by atoms with Crippen molar-refractivity contribution in [1.29, 1.82) is 0 Å². The van der Waals surface area contributed by atoms with Gasteiger partial charge >= 0.3 is 0 Å². The molecule has 1 aliphatic heterocycles. The van der Waals surface area contributed by atoms with Gasteiger partial charge in [-0.15, -0.1) is 0 Å². The predicted octanol–water partition coefficient (Wildman–Crippen LogP) is 3.40. The van der Waals surface area contributed by atoms with Crippen LogP contribution in [0.1, 0.15) is 39.4 Å². The summed E-state index contributed by atoms with van der Waals surface area (Å²) in [5.74, 6) is 0.243. The Hall–Kier alpha value is -2.16. The second-order valence-corrected chi connectivity index (χ2v) is 3.68. The van der Waals surface area contributed by atoms with Gasteiger partial charge in [-0.1, -0.05) is 58.0 Å². The molecule has 0 fully saturated rings. The van der Waals surface area contributed by atoms with Gasteiger partial charge in [-0.25, -0.2) is 0 Å². The highest BCUT2D eigenvalue weighted by atomic mass is 16.3. The minimum Gasteiger partial charge on any atom is -0.508 e. The molecule has 0 atom stereocenters. The van der Waals surface area contributed by atoms with Crippen LogP contribution in [0.5, 0.6) is 5.75 Å². The van der Waals surface area contributed by atoms with Crippen LogP contribution >= 0.6 is 0 Å². The summed E-state index contributed by atoms with van der Waals surface area (Å²) in [7, 11) is 0. The number of para-hydroxylation sites is 3. The number of fused-ring (bicyclic) bond motifs is 1. The van der Waals surface area contributed by atoms with E-state index in [1.165, 1.54) is 0 Å². The van der Waals surface area contributed by atoms with E-state index in [4.69, 9.17) is 0 Å². The number of phenols is 1.